The van der Waals surface area contributed by atoms with E-state index in [0.29, 0.717) is 17.3 Å². The fraction of sp³-hybridized carbons (Fsp3) is 0.353. The van der Waals surface area contributed by atoms with Crippen LogP contribution in [0, 0.1) is 0 Å². The number of hydrogen-bond donors (Lipinski definition) is 4. The molecule has 28 heavy (non-hydrogen) atoms. The highest BCUT2D eigenvalue weighted by atomic mass is 19.4. The molecule has 0 amide bonds. The number of carboxylic acids is 1. The van der Waals surface area contributed by atoms with Crippen molar-refractivity contribution < 1.29 is 28.2 Å². The molecule has 0 radical (unpaired) electrons. The molecule has 1 saturated heterocycles. The minimum Gasteiger partial charge on any atom is -0.507 e. The number of halogens is 3. The molecule has 2 aromatic rings. The Labute approximate surface area is 158 Å². The molecule has 4 rings (SSSR count). The number of carboxylic acid groups (broad SMARTS) is 1. The molecule has 8 nitrogen and oxygen atoms in total. The number of phenols is 1. The average Bonchev–Trinajstić information content (AvgIpc) is 2.67. The summed E-state index contributed by atoms with van der Waals surface area (Å²) < 4.78 is 31.7. The first kappa shape index (κ1) is 19.7. The summed E-state index contributed by atoms with van der Waals surface area (Å²) >= 11 is 0. The summed E-state index contributed by atoms with van der Waals surface area (Å²) in [6.45, 7) is 3.79. The predicted octanol–water partition coefficient (Wildman–Crippen LogP) is 1.69. The van der Waals surface area contributed by atoms with Gasteiger partial charge in [0.05, 0.1) is 17.4 Å². The van der Waals surface area contributed by atoms with Gasteiger partial charge in [0.15, 0.2) is 5.82 Å². The van der Waals surface area contributed by atoms with Crippen LogP contribution in [0.15, 0.2) is 30.3 Å². The Morgan fingerprint density at radius 1 is 1.21 bits per heavy atom. The summed E-state index contributed by atoms with van der Waals surface area (Å²) in [5.74, 6) is -1.70. The number of nitrogens with one attached hydrogen (secondary N) is 2. The molecule has 1 fully saturated rings. The third-order valence-corrected chi connectivity index (χ3v) is 4.36. The van der Waals surface area contributed by atoms with E-state index in [4.69, 9.17) is 9.90 Å². The maximum Gasteiger partial charge on any atom is 0.490 e. The van der Waals surface area contributed by atoms with E-state index in [1.807, 2.05) is 18.2 Å². The minimum absolute atomic E-state index is 0.229. The summed E-state index contributed by atoms with van der Waals surface area (Å²) in [6.07, 6.45) is -5.08. The van der Waals surface area contributed by atoms with E-state index in [1.54, 1.807) is 12.1 Å². The van der Waals surface area contributed by atoms with Crippen molar-refractivity contribution in [1.29, 1.82) is 0 Å². The Kier molecular flexibility index (Phi) is 5.54. The third kappa shape index (κ3) is 4.25. The van der Waals surface area contributed by atoms with Crippen LogP contribution in [0.2, 0.25) is 0 Å². The Balaban J connectivity index is 0.000000279. The number of anilines is 2. The maximum absolute atomic E-state index is 10.6. The largest absolute Gasteiger partial charge is 0.507 e. The highest BCUT2D eigenvalue weighted by molar-refractivity contribution is 5.76. The Bertz CT molecular complexity index is 862. The second-order valence-corrected chi connectivity index (χ2v) is 6.22. The van der Waals surface area contributed by atoms with Crippen molar-refractivity contribution in [3.8, 4) is 17.0 Å². The summed E-state index contributed by atoms with van der Waals surface area (Å²) in [7, 11) is 0. The van der Waals surface area contributed by atoms with Gasteiger partial charge in [-0.05, 0) is 18.2 Å². The van der Waals surface area contributed by atoms with Crippen LogP contribution >= 0.6 is 0 Å². The van der Waals surface area contributed by atoms with Crippen molar-refractivity contribution in [2.75, 3.05) is 36.4 Å². The topological polar surface area (TPSA) is 111 Å². The number of fused-ring (bicyclic) bond motifs is 3. The lowest BCUT2D eigenvalue weighted by Gasteiger charge is -2.42. The fourth-order valence-electron chi connectivity index (χ4n) is 3.02. The zero-order valence-corrected chi connectivity index (χ0v) is 14.6. The van der Waals surface area contributed by atoms with E-state index in [1.165, 1.54) is 0 Å². The van der Waals surface area contributed by atoms with Gasteiger partial charge in [0, 0.05) is 31.7 Å². The van der Waals surface area contributed by atoms with Crippen LogP contribution < -0.4 is 15.5 Å². The quantitative estimate of drug-likeness (QED) is 0.576. The molecule has 0 bridgehead atoms. The molecule has 2 aliphatic heterocycles. The summed E-state index contributed by atoms with van der Waals surface area (Å²) in [5, 5.41) is 32.4. The first-order valence-electron chi connectivity index (χ1n) is 8.45. The number of aliphatic carboxylic acids is 1. The number of phenolic OH excluding ortho intramolecular Hbond substituents is 1. The van der Waals surface area contributed by atoms with Crippen LogP contribution in [0.4, 0.5) is 24.7 Å². The van der Waals surface area contributed by atoms with Crippen LogP contribution in [0.5, 0.6) is 5.75 Å². The fourth-order valence-corrected chi connectivity index (χ4v) is 3.02. The van der Waals surface area contributed by atoms with Crippen molar-refractivity contribution in [2.45, 2.75) is 12.2 Å². The number of alkyl halides is 3. The molecule has 1 unspecified atom stereocenters. The Morgan fingerprint density at radius 3 is 2.61 bits per heavy atom. The van der Waals surface area contributed by atoms with Gasteiger partial charge in [-0.1, -0.05) is 12.1 Å². The van der Waals surface area contributed by atoms with E-state index in [0.717, 1.165) is 37.7 Å². The first-order chi connectivity index (χ1) is 13.3. The molecule has 1 aromatic heterocycles. The van der Waals surface area contributed by atoms with E-state index in [-0.39, 0.29) is 5.75 Å². The van der Waals surface area contributed by atoms with Crippen LogP contribution in [0.3, 0.4) is 0 Å². The number of para-hydroxylation sites is 1. The van der Waals surface area contributed by atoms with Crippen molar-refractivity contribution in [3.63, 3.8) is 0 Å². The van der Waals surface area contributed by atoms with Gasteiger partial charge in [-0.25, -0.2) is 4.79 Å². The zero-order chi connectivity index (χ0) is 20.3. The number of rotatable bonds is 1. The SMILES string of the molecule is O=C(O)C(F)(F)F.Oc1ccccc1-c1cc2c(nn1)NCC1CNCCN21. The molecule has 1 atom stereocenters. The van der Waals surface area contributed by atoms with Crippen molar-refractivity contribution in [2.24, 2.45) is 0 Å². The Morgan fingerprint density at radius 2 is 1.93 bits per heavy atom. The highest BCUT2D eigenvalue weighted by Crippen LogP contribution is 2.35. The van der Waals surface area contributed by atoms with Gasteiger partial charge in [-0.2, -0.15) is 13.2 Å². The molecule has 0 saturated carbocycles. The van der Waals surface area contributed by atoms with Crippen molar-refractivity contribution in [1.82, 2.24) is 15.5 Å². The lowest BCUT2D eigenvalue weighted by molar-refractivity contribution is -0.192. The van der Waals surface area contributed by atoms with Crippen LogP contribution in [-0.2, 0) is 4.79 Å². The highest BCUT2D eigenvalue weighted by Gasteiger charge is 2.38. The monoisotopic (exact) mass is 397 g/mol. The minimum atomic E-state index is -5.08. The second-order valence-electron chi connectivity index (χ2n) is 6.22. The standard InChI is InChI=1S/C15H17N5O.C2HF3O2/c21-14-4-2-1-3-11(14)12-7-13-15(19-18-12)17-9-10-8-16-5-6-20(10)13;3-2(4,5)1(6)7/h1-4,7,10,16,21H,5-6,8-9H2,(H,17,19);(H,6,7). The molecular weight excluding hydrogens is 379 g/mol. The molecular formula is C17H18F3N5O3. The van der Waals surface area contributed by atoms with Gasteiger partial charge >= 0.3 is 12.1 Å². The van der Waals surface area contributed by atoms with Crippen LogP contribution in [0.1, 0.15) is 0 Å². The normalized spacial score (nSPS) is 18.1. The molecule has 2 aliphatic rings. The number of hydrogen-bond acceptors (Lipinski definition) is 7. The third-order valence-electron chi connectivity index (χ3n) is 4.36. The zero-order valence-electron chi connectivity index (χ0n) is 14.6. The molecule has 0 aliphatic carbocycles. The van der Waals surface area contributed by atoms with Gasteiger partial charge in [0.25, 0.3) is 0 Å². The average molecular weight is 397 g/mol. The molecule has 1 aromatic carbocycles. The lowest BCUT2D eigenvalue weighted by atomic mass is 10.1. The molecule has 150 valence electrons. The number of nitrogens with zero attached hydrogens (tertiary/aromatic N) is 3. The number of aromatic hydroxyl groups is 1. The smallest absolute Gasteiger partial charge is 0.490 e. The van der Waals surface area contributed by atoms with Crippen molar-refractivity contribution in [3.05, 3.63) is 30.3 Å². The van der Waals surface area contributed by atoms with Gasteiger partial charge < -0.3 is 25.7 Å². The van der Waals surface area contributed by atoms with Gasteiger partial charge in [-0.3, -0.25) is 0 Å². The van der Waals surface area contributed by atoms with E-state index < -0.39 is 12.1 Å². The Hall–Kier alpha value is -3.08. The van der Waals surface area contributed by atoms with Crippen LogP contribution in [-0.4, -0.2) is 64.8 Å². The summed E-state index contributed by atoms with van der Waals surface area (Å²) in [5.41, 5.74) is 2.49. The van der Waals surface area contributed by atoms with Gasteiger partial charge in [0.2, 0.25) is 0 Å². The van der Waals surface area contributed by atoms with E-state index >= 15 is 0 Å². The van der Waals surface area contributed by atoms with Gasteiger partial charge in [-0.15, -0.1) is 10.2 Å². The molecule has 0 spiro atoms. The molecule has 11 heteroatoms. The van der Waals surface area contributed by atoms with E-state index in [2.05, 4.69) is 25.7 Å². The van der Waals surface area contributed by atoms with Gasteiger partial charge in [0.1, 0.15) is 5.75 Å². The lowest BCUT2D eigenvalue weighted by Crippen LogP contribution is -2.56. The summed E-state index contributed by atoms with van der Waals surface area (Å²) in [4.78, 5) is 11.3. The molecule has 3 heterocycles. The van der Waals surface area contributed by atoms with Crippen molar-refractivity contribution >= 4 is 17.5 Å². The predicted molar refractivity (Wildman–Crippen MR) is 95.3 cm³/mol. The molecule has 4 N–H and O–H groups in total. The van der Waals surface area contributed by atoms with E-state index in [9.17, 15) is 18.3 Å². The maximum atomic E-state index is 10.6. The number of aromatic nitrogens is 2. The first-order valence-corrected chi connectivity index (χ1v) is 8.45. The number of piperazine rings is 1. The summed E-state index contributed by atoms with van der Waals surface area (Å²) in [6, 6.07) is 9.68. The van der Waals surface area contributed by atoms with Crippen LogP contribution in [0.25, 0.3) is 11.3 Å². The number of benzene rings is 1. The number of carbonyl (C=O) groups is 1. The second kappa shape index (κ2) is 7.89.